The predicted molar refractivity (Wildman–Crippen MR) is 134 cm³/mol. The minimum atomic E-state index is -1.76. The highest BCUT2D eigenvalue weighted by molar-refractivity contribution is 6.02. The minimum Gasteiger partial charge on any atom is -0.508 e. The number of rotatable bonds is 6. The summed E-state index contributed by atoms with van der Waals surface area (Å²) in [5.41, 5.74) is 0.550. The number of aromatic hydroxyl groups is 2. The van der Waals surface area contributed by atoms with Gasteiger partial charge in [-0.05, 0) is 24.6 Å². The fourth-order valence-electron chi connectivity index (χ4n) is 4.98. The summed E-state index contributed by atoms with van der Waals surface area (Å²) in [5, 5.41) is 81.5. The van der Waals surface area contributed by atoms with Gasteiger partial charge in [0.25, 0.3) is 0 Å². The van der Waals surface area contributed by atoms with E-state index in [9.17, 15) is 45.6 Å². The molecule has 0 aromatic heterocycles. The Bertz CT molecular complexity index is 1240. The van der Waals surface area contributed by atoms with Gasteiger partial charge in [-0.15, -0.1) is 0 Å². The molecule has 3 aliphatic heterocycles. The van der Waals surface area contributed by atoms with Gasteiger partial charge in [0.05, 0.1) is 19.1 Å². The summed E-state index contributed by atoms with van der Waals surface area (Å²) in [6.07, 6.45) is -15.6. The molecule has 2 saturated heterocycles. The number of benzene rings is 2. The molecule has 0 amide bonds. The Labute approximate surface area is 233 Å². The van der Waals surface area contributed by atoms with Crippen molar-refractivity contribution in [2.24, 2.45) is 0 Å². The molecule has 0 bridgehead atoms. The molecular weight excluding hydrogens is 548 g/mol. The molecule has 0 spiro atoms. The van der Waals surface area contributed by atoms with Crippen molar-refractivity contribution in [1.82, 2.24) is 0 Å². The largest absolute Gasteiger partial charge is 0.508 e. The molecule has 2 aromatic carbocycles. The zero-order chi connectivity index (χ0) is 29.6. The average molecular weight is 581 g/mol. The first-order valence-electron chi connectivity index (χ1n) is 13.0. The highest BCUT2D eigenvalue weighted by atomic mass is 16.7. The molecule has 41 heavy (non-hydrogen) atoms. The first-order chi connectivity index (χ1) is 19.4. The molecule has 8 N–H and O–H groups in total. The number of carbonyl (C=O) groups excluding carboxylic acids is 1. The number of aliphatic hydroxyl groups excluding tert-OH is 6. The zero-order valence-electron chi connectivity index (χ0n) is 21.8. The number of carbonyl (C=O) groups is 1. The molecule has 0 aliphatic carbocycles. The summed E-state index contributed by atoms with van der Waals surface area (Å²) < 4.78 is 28.0. The Morgan fingerprint density at radius 1 is 0.829 bits per heavy atom. The number of ketones is 1. The minimum absolute atomic E-state index is 0.00149. The van der Waals surface area contributed by atoms with Crippen LogP contribution in [0, 0.1) is 0 Å². The number of Topliss-reactive ketones (excluding diaryl/α,β-unsaturated/α-hetero) is 1. The lowest BCUT2D eigenvalue weighted by molar-refractivity contribution is -0.318. The molecule has 3 heterocycles. The van der Waals surface area contributed by atoms with E-state index >= 15 is 0 Å². The van der Waals surface area contributed by atoms with E-state index in [0.717, 1.165) is 6.07 Å². The number of ether oxygens (including phenoxy) is 5. The highest BCUT2D eigenvalue weighted by Crippen LogP contribution is 2.42. The van der Waals surface area contributed by atoms with E-state index in [1.807, 2.05) is 0 Å². The van der Waals surface area contributed by atoms with E-state index in [1.54, 1.807) is 12.1 Å². The lowest BCUT2D eigenvalue weighted by atomic mass is 9.95. The second-order valence-corrected chi connectivity index (χ2v) is 10.3. The van der Waals surface area contributed by atoms with Crippen LogP contribution in [0.15, 0.2) is 36.4 Å². The SMILES string of the molecule is C[C@H]1O[C@@H](OC[C@@H]2O[C@H](Oc3cc(O)c4c(c3)O[C@@H](c3ccc(O)cc3)CC4=O)[C@@H](O)[C@H](O)[C@H]2O)[C@H](O)[C@@H](O)[C@@H]1O. The summed E-state index contributed by atoms with van der Waals surface area (Å²) in [4.78, 5) is 12.8. The van der Waals surface area contributed by atoms with Crippen molar-refractivity contribution in [3.05, 3.63) is 47.5 Å². The van der Waals surface area contributed by atoms with Crippen molar-refractivity contribution < 1.29 is 69.3 Å². The Kier molecular flexibility index (Phi) is 8.39. The zero-order valence-corrected chi connectivity index (χ0v) is 21.8. The van der Waals surface area contributed by atoms with E-state index in [4.69, 9.17) is 23.7 Å². The Hall–Kier alpha value is -3.05. The molecular formula is C27H32O14. The maximum absolute atomic E-state index is 12.8. The fraction of sp³-hybridized carbons (Fsp3) is 0.519. The average Bonchev–Trinajstić information content (AvgIpc) is 2.94. The third kappa shape index (κ3) is 5.83. The van der Waals surface area contributed by atoms with Gasteiger partial charge in [-0.1, -0.05) is 12.1 Å². The van der Waals surface area contributed by atoms with Crippen molar-refractivity contribution >= 4 is 5.78 Å². The summed E-state index contributed by atoms with van der Waals surface area (Å²) in [7, 11) is 0. The maximum atomic E-state index is 12.8. The summed E-state index contributed by atoms with van der Waals surface area (Å²) in [6, 6.07) is 8.51. The van der Waals surface area contributed by atoms with Gasteiger partial charge in [0.1, 0.15) is 77.4 Å². The number of aliphatic hydroxyl groups is 6. The molecule has 2 fully saturated rings. The molecule has 0 saturated carbocycles. The van der Waals surface area contributed by atoms with Crippen LogP contribution in [0.5, 0.6) is 23.0 Å². The fourth-order valence-corrected chi connectivity index (χ4v) is 4.98. The van der Waals surface area contributed by atoms with E-state index in [0.29, 0.717) is 5.56 Å². The van der Waals surface area contributed by atoms with Gasteiger partial charge in [0, 0.05) is 12.1 Å². The van der Waals surface area contributed by atoms with Gasteiger partial charge in [-0.25, -0.2) is 0 Å². The van der Waals surface area contributed by atoms with Gasteiger partial charge in [-0.2, -0.15) is 0 Å². The number of phenols is 2. The van der Waals surface area contributed by atoms with Crippen molar-refractivity contribution in [3.8, 4) is 23.0 Å². The topological polar surface area (TPSA) is 225 Å². The summed E-state index contributed by atoms with van der Waals surface area (Å²) in [6.45, 7) is 0.980. The Morgan fingerprint density at radius 3 is 2.20 bits per heavy atom. The molecule has 11 atom stereocenters. The standard InChI is InChI=1S/C27H32O14/c1-10-20(31)22(33)24(35)26(38-10)37-9-18-21(32)23(34)25(36)27(41-18)39-13-6-14(29)19-15(30)8-16(40-17(19)7-13)11-2-4-12(28)5-3-11/h2-7,10,16,18,20-29,31-36H,8-9H2,1H3/t10-,16-,18+,20-,21+,22+,23-,24-,25+,26-,27+/m1/s1. The van der Waals surface area contributed by atoms with Crippen LogP contribution in [0.4, 0.5) is 0 Å². The van der Waals surface area contributed by atoms with E-state index < -0.39 is 85.7 Å². The lowest BCUT2D eigenvalue weighted by Crippen LogP contribution is -2.61. The number of fused-ring (bicyclic) bond motifs is 1. The molecule has 14 heteroatoms. The monoisotopic (exact) mass is 580 g/mol. The van der Waals surface area contributed by atoms with Crippen LogP contribution in [-0.2, 0) is 14.2 Å². The highest BCUT2D eigenvalue weighted by Gasteiger charge is 2.47. The predicted octanol–water partition coefficient (Wildman–Crippen LogP) is -1.17. The van der Waals surface area contributed by atoms with Crippen LogP contribution >= 0.6 is 0 Å². The second-order valence-electron chi connectivity index (χ2n) is 10.3. The van der Waals surface area contributed by atoms with E-state index in [-0.39, 0.29) is 29.2 Å². The van der Waals surface area contributed by atoms with Crippen LogP contribution in [0.1, 0.15) is 35.4 Å². The van der Waals surface area contributed by atoms with Crippen LogP contribution in [0.25, 0.3) is 0 Å². The maximum Gasteiger partial charge on any atom is 0.229 e. The third-order valence-corrected chi connectivity index (χ3v) is 7.39. The molecule has 0 unspecified atom stereocenters. The van der Waals surface area contributed by atoms with Gasteiger partial charge in [0.2, 0.25) is 6.29 Å². The van der Waals surface area contributed by atoms with Gasteiger partial charge in [0.15, 0.2) is 12.1 Å². The van der Waals surface area contributed by atoms with Crippen molar-refractivity contribution in [2.45, 2.75) is 80.9 Å². The molecule has 2 aromatic rings. The second kappa shape index (κ2) is 11.7. The van der Waals surface area contributed by atoms with Crippen molar-refractivity contribution in [1.29, 1.82) is 0 Å². The summed E-state index contributed by atoms with van der Waals surface area (Å²) in [5.74, 6) is -0.893. The first kappa shape index (κ1) is 29.4. The normalized spacial score (nSPS) is 37.2. The number of hydrogen-bond acceptors (Lipinski definition) is 14. The molecule has 14 nitrogen and oxygen atoms in total. The van der Waals surface area contributed by atoms with Crippen LogP contribution < -0.4 is 9.47 Å². The van der Waals surface area contributed by atoms with Gasteiger partial charge >= 0.3 is 0 Å². The van der Waals surface area contributed by atoms with Crippen LogP contribution in [-0.4, -0.2) is 115 Å². The number of phenolic OH excluding ortho intramolecular Hbond substituents is 2. The van der Waals surface area contributed by atoms with Crippen molar-refractivity contribution in [2.75, 3.05) is 6.61 Å². The number of hydrogen-bond donors (Lipinski definition) is 8. The van der Waals surface area contributed by atoms with Gasteiger partial charge < -0.3 is 64.5 Å². The molecule has 5 rings (SSSR count). The lowest BCUT2D eigenvalue weighted by Gasteiger charge is -2.42. The Morgan fingerprint density at radius 2 is 1.49 bits per heavy atom. The van der Waals surface area contributed by atoms with E-state index in [1.165, 1.54) is 25.1 Å². The van der Waals surface area contributed by atoms with Crippen LogP contribution in [0.2, 0.25) is 0 Å². The molecule has 3 aliphatic rings. The Balaban J connectivity index is 1.30. The van der Waals surface area contributed by atoms with Crippen molar-refractivity contribution in [3.63, 3.8) is 0 Å². The van der Waals surface area contributed by atoms with Crippen LogP contribution in [0.3, 0.4) is 0 Å². The smallest absolute Gasteiger partial charge is 0.229 e. The molecule has 0 radical (unpaired) electrons. The summed E-state index contributed by atoms with van der Waals surface area (Å²) >= 11 is 0. The van der Waals surface area contributed by atoms with Gasteiger partial charge in [-0.3, -0.25) is 4.79 Å². The quantitative estimate of drug-likeness (QED) is 0.202. The van der Waals surface area contributed by atoms with E-state index in [2.05, 4.69) is 0 Å². The third-order valence-electron chi connectivity index (χ3n) is 7.39. The first-order valence-corrected chi connectivity index (χ1v) is 13.0. The molecule has 224 valence electrons.